The number of nitriles is 1. The maximum absolute atomic E-state index is 12.1. The lowest BCUT2D eigenvalue weighted by atomic mass is 10.1. The maximum atomic E-state index is 12.1. The zero-order chi connectivity index (χ0) is 13.0. The minimum absolute atomic E-state index is 0.105. The van der Waals surface area contributed by atoms with Gasteiger partial charge in [-0.15, -0.1) is 0 Å². The van der Waals surface area contributed by atoms with Crippen LogP contribution in [0.4, 0.5) is 0 Å². The van der Waals surface area contributed by atoms with Crippen molar-refractivity contribution < 1.29 is 8.42 Å². The van der Waals surface area contributed by atoms with Crippen molar-refractivity contribution in [3.05, 3.63) is 23.9 Å². The molecule has 1 fully saturated rings. The van der Waals surface area contributed by atoms with Crippen LogP contribution in [0, 0.1) is 11.3 Å². The highest BCUT2D eigenvalue weighted by molar-refractivity contribution is 7.89. The first-order valence-electron chi connectivity index (χ1n) is 5.71. The van der Waals surface area contributed by atoms with Crippen LogP contribution < -0.4 is 10.0 Å². The van der Waals surface area contributed by atoms with Gasteiger partial charge in [-0.25, -0.2) is 18.1 Å². The summed E-state index contributed by atoms with van der Waals surface area (Å²) in [5.74, 6) is 0. The summed E-state index contributed by atoms with van der Waals surface area (Å²) in [6, 6.07) is 4.53. The molecule has 0 saturated carbocycles. The van der Waals surface area contributed by atoms with Crippen molar-refractivity contribution in [2.75, 3.05) is 13.1 Å². The van der Waals surface area contributed by atoms with E-state index in [1.807, 2.05) is 6.07 Å². The highest BCUT2D eigenvalue weighted by Gasteiger charge is 2.22. The average Bonchev–Trinajstić information content (AvgIpc) is 2.39. The van der Waals surface area contributed by atoms with E-state index in [2.05, 4.69) is 15.0 Å². The smallest absolute Gasteiger partial charge is 0.258 e. The number of piperidine rings is 1. The van der Waals surface area contributed by atoms with Crippen LogP contribution in [0.1, 0.15) is 18.4 Å². The Balaban J connectivity index is 2.17. The van der Waals surface area contributed by atoms with Crippen LogP contribution >= 0.6 is 0 Å². The Morgan fingerprint density at radius 1 is 1.56 bits per heavy atom. The van der Waals surface area contributed by atoms with Gasteiger partial charge in [-0.1, -0.05) is 0 Å². The summed E-state index contributed by atoms with van der Waals surface area (Å²) in [6.07, 6.45) is 3.08. The van der Waals surface area contributed by atoms with Gasteiger partial charge in [0.15, 0.2) is 5.03 Å². The van der Waals surface area contributed by atoms with E-state index < -0.39 is 10.0 Å². The highest BCUT2D eigenvalue weighted by Crippen LogP contribution is 2.10. The van der Waals surface area contributed by atoms with Crippen molar-refractivity contribution >= 4 is 10.0 Å². The van der Waals surface area contributed by atoms with Gasteiger partial charge in [0.05, 0.1) is 11.6 Å². The van der Waals surface area contributed by atoms with Crippen LogP contribution in [0.15, 0.2) is 23.4 Å². The van der Waals surface area contributed by atoms with Crippen LogP contribution in [0.25, 0.3) is 0 Å². The first-order valence-corrected chi connectivity index (χ1v) is 7.19. The average molecular weight is 266 g/mol. The summed E-state index contributed by atoms with van der Waals surface area (Å²) in [5.41, 5.74) is 0.284. The number of nitrogens with one attached hydrogen (secondary N) is 2. The minimum Gasteiger partial charge on any atom is -0.315 e. The number of hydrogen-bond acceptors (Lipinski definition) is 5. The van der Waals surface area contributed by atoms with E-state index in [-0.39, 0.29) is 16.6 Å². The Bertz CT molecular complexity index is 559. The summed E-state index contributed by atoms with van der Waals surface area (Å²) < 4.78 is 26.7. The lowest BCUT2D eigenvalue weighted by molar-refractivity contribution is 0.428. The third kappa shape index (κ3) is 3.04. The third-order valence-electron chi connectivity index (χ3n) is 2.76. The molecule has 0 bridgehead atoms. The molecule has 2 heterocycles. The lowest BCUT2D eigenvalue weighted by Crippen LogP contribution is -2.45. The van der Waals surface area contributed by atoms with Gasteiger partial charge in [-0.2, -0.15) is 5.26 Å². The number of nitrogens with zero attached hydrogens (tertiary/aromatic N) is 2. The molecule has 0 spiro atoms. The van der Waals surface area contributed by atoms with E-state index in [0.717, 1.165) is 19.4 Å². The molecule has 1 unspecified atom stereocenters. The Hall–Kier alpha value is -1.49. The van der Waals surface area contributed by atoms with Crippen molar-refractivity contribution in [1.82, 2.24) is 15.0 Å². The standard InChI is InChI=1S/C11H14N4O2S/c12-7-9-3-5-14-11(6-9)18(16,17)15-10-2-1-4-13-8-10/h3,5-6,10,13,15H,1-2,4,8H2. The number of aromatic nitrogens is 1. The van der Waals surface area contributed by atoms with Gasteiger partial charge < -0.3 is 5.32 Å². The molecule has 18 heavy (non-hydrogen) atoms. The fraction of sp³-hybridized carbons (Fsp3) is 0.455. The van der Waals surface area contributed by atoms with Crippen LogP contribution in [0.3, 0.4) is 0 Å². The molecule has 1 aromatic heterocycles. The molecule has 96 valence electrons. The molecule has 0 amide bonds. The Morgan fingerprint density at radius 3 is 3.06 bits per heavy atom. The summed E-state index contributed by atoms with van der Waals surface area (Å²) >= 11 is 0. The molecule has 1 aromatic rings. The molecule has 1 saturated heterocycles. The maximum Gasteiger partial charge on any atom is 0.258 e. The molecule has 0 radical (unpaired) electrons. The first-order chi connectivity index (χ1) is 8.62. The Labute approximate surface area is 106 Å². The van der Waals surface area contributed by atoms with E-state index in [0.29, 0.717) is 6.54 Å². The van der Waals surface area contributed by atoms with Crippen LogP contribution in [-0.2, 0) is 10.0 Å². The summed E-state index contributed by atoms with van der Waals surface area (Å²) in [4.78, 5) is 3.80. The Kier molecular flexibility index (Phi) is 3.91. The van der Waals surface area contributed by atoms with Gasteiger partial charge >= 0.3 is 0 Å². The monoisotopic (exact) mass is 266 g/mol. The lowest BCUT2D eigenvalue weighted by Gasteiger charge is -2.23. The molecule has 0 aliphatic carbocycles. The molecule has 7 heteroatoms. The van der Waals surface area contributed by atoms with E-state index in [1.165, 1.54) is 18.3 Å². The van der Waals surface area contributed by atoms with Crippen molar-refractivity contribution in [3.8, 4) is 6.07 Å². The molecule has 1 atom stereocenters. The van der Waals surface area contributed by atoms with E-state index in [1.54, 1.807) is 0 Å². The van der Waals surface area contributed by atoms with Gasteiger partial charge in [-0.05, 0) is 31.5 Å². The second kappa shape index (κ2) is 5.44. The molecule has 1 aliphatic rings. The molecule has 6 nitrogen and oxygen atoms in total. The predicted molar refractivity (Wildman–Crippen MR) is 65.2 cm³/mol. The fourth-order valence-electron chi connectivity index (χ4n) is 1.86. The number of hydrogen-bond donors (Lipinski definition) is 2. The van der Waals surface area contributed by atoms with Crippen LogP contribution in [0.2, 0.25) is 0 Å². The van der Waals surface area contributed by atoms with Gasteiger partial charge in [0, 0.05) is 18.8 Å². The molecule has 0 aromatic carbocycles. The van der Waals surface area contributed by atoms with Crippen molar-refractivity contribution in [1.29, 1.82) is 5.26 Å². The van der Waals surface area contributed by atoms with E-state index >= 15 is 0 Å². The quantitative estimate of drug-likeness (QED) is 0.802. The summed E-state index contributed by atoms with van der Waals surface area (Å²) in [5, 5.41) is 11.8. The zero-order valence-electron chi connectivity index (χ0n) is 9.76. The second-order valence-corrected chi connectivity index (χ2v) is 5.82. The van der Waals surface area contributed by atoms with Gasteiger partial charge in [0.1, 0.15) is 0 Å². The van der Waals surface area contributed by atoms with Crippen molar-refractivity contribution in [2.24, 2.45) is 0 Å². The second-order valence-electron chi connectivity index (χ2n) is 4.16. The molecule has 1 aliphatic heterocycles. The SMILES string of the molecule is N#Cc1ccnc(S(=O)(=O)NC2CCCNC2)c1. The molecular weight excluding hydrogens is 252 g/mol. The molecular formula is C11H14N4O2S. The summed E-state index contributed by atoms with van der Waals surface area (Å²) in [7, 11) is -3.64. The normalized spacial score (nSPS) is 20.3. The molecule has 2 N–H and O–H groups in total. The third-order valence-corrected chi connectivity index (χ3v) is 4.18. The molecule has 2 rings (SSSR count). The predicted octanol–water partition coefficient (Wildman–Crippen LogP) is -0.0164. The number of pyridine rings is 1. The highest BCUT2D eigenvalue weighted by atomic mass is 32.2. The van der Waals surface area contributed by atoms with Crippen LogP contribution in [0.5, 0.6) is 0 Å². The van der Waals surface area contributed by atoms with E-state index in [9.17, 15) is 8.42 Å². The van der Waals surface area contributed by atoms with Crippen molar-refractivity contribution in [3.63, 3.8) is 0 Å². The zero-order valence-corrected chi connectivity index (χ0v) is 10.6. The van der Waals surface area contributed by atoms with E-state index in [4.69, 9.17) is 5.26 Å². The largest absolute Gasteiger partial charge is 0.315 e. The topological polar surface area (TPSA) is 94.9 Å². The fourth-order valence-corrected chi connectivity index (χ4v) is 3.10. The minimum atomic E-state index is -3.64. The summed E-state index contributed by atoms with van der Waals surface area (Å²) in [6.45, 7) is 1.54. The van der Waals surface area contributed by atoms with Gasteiger partial charge in [0.25, 0.3) is 10.0 Å². The van der Waals surface area contributed by atoms with Crippen molar-refractivity contribution in [2.45, 2.75) is 23.9 Å². The number of rotatable bonds is 3. The van der Waals surface area contributed by atoms with Crippen LogP contribution in [-0.4, -0.2) is 32.5 Å². The Morgan fingerprint density at radius 2 is 2.39 bits per heavy atom. The van der Waals surface area contributed by atoms with Gasteiger partial charge in [0.2, 0.25) is 0 Å². The number of sulfonamides is 1. The first kappa shape index (κ1) is 13.0. The van der Waals surface area contributed by atoms with Gasteiger partial charge in [-0.3, -0.25) is 0 Å².